The second-order valence-electron chi connectivity index (χ2n) is 2.56. The lowest BCUT2D eigenvalue weighted by Gasteiger charge is -2.12. The molecule has 0 saturated carbocycles. The van der Waals surface area contributed by atoms with E-state index >= 15 is 0 Å². The normalized spacial score (nSPS) is 12.6. The number of methoxy groups -OCH3 is 1. The maximum atomic E-state index is 5.68. The molecule has 1 heterocycles. The first-order valence-electron chi connectivity index (χ1n) is 3.84. The van der Waals surface area contributed by atoms with Crippen LogP contribution in [0.5, 0.6) is 5.88 Å². The summed E-state index contributed by atoms with van der Waals surface area (Å²) >= 11 is 11.2. The molecule has 0 bridgehead atoms. The summed E-state index contributed by atoms with van der Waals surface area (Å²) in [6.45, 7) is 2.24. The van der Waals surface area contributed by atoms with Gasteiger partial charge in [0.1, 0.15) is 6.10 Å². The van der Waals surface area contributed by atoms with Gasteiger partial charge in [-0.05, 0) is 18.5 Å². The van der Waals surface area contributed by atoms with E-state index in [0.717, 1.165) is 0 Å². The van der Waals surface area contributed by atoms with Gasteiger partial charge in [-0.25, -0.2) is 0 Å². The smallest absolute Gasteiger partial charge is 0.257 e. The first kappa shape index (κ1) is 11.4. The van der Waals surface area contributed by atoms with Crippen molar-refractivity contribution in [2.45, 2.75) is 13.0 Å². The third-order valence-corrected chi connectivity index (χ3v) is 1.70. The van der Waals surface area contributed by atoms with E-state index in [1.165, 1.54) is 0 Å². The van der Waals surface area contributed by atoms with E-state index in [1.807, 2.05) is 6.92 Å². The monoisotopic (exact) mass is 237 g/mol. The first-order chi connectivity index (χ1) is 6.63. The fourth-order valence-corrected chi connectivity index (χ4v) is 1.05. The molecule has 7 heteroatoms. The van der Waals surface area contributed by atoms with Crippen LogP contribution in [-0.2, 0) is 4.74 Å². The van der Waals surface area contributed by atoms with Crippen LogP contribution in [0.4, 0.5) is 0 Å². The van der Waals surface area contributed by atoms with Gasteiger partial charge in [-0.3, -0.25) is 0 Å². The summed E-state index contributed by atoms with van der Waals surface area (Å²) in [5.74, 6) is 0.163. The third kappa shape index (κ3) is 3.25. The topological polar surface area (TPSA) is 57.1 Å². The molecule has 1 aromatic heterocycles. The van der Waals surface area contributed by atoms with Crippen LogP contribution in [0.1, 0.15) is 6.92 Å². The number of halogens is 2. The van der Waals surface area contributed by atoms with Gasteiger partial charge in [-0.1, -0.05) is 11.6 Å². The zero-order valence-electron chi connectivity index (χ0n) is 7.70. The van der Waals surface area contributed by atoms with Gasteiger partial charge in [0.2, 0.25) is 10.4 Å². The van der Waals surface area contributed by atoms with Crippen molar-refractivity contribution in [3.8, 4) is 5.88 Å². The Morgan fingerprint density at radius 1 is 1.36 bits per heavy atom. The van der Waals surface area contributed by atoms with Gasteiger partial charge in [-0.2, -0.15) is 4.98 Å². The number of rotatable bonds is 4. The molecule has 0 aliphatic rings. The summed E-state index contributed by atoms with van der Waals surface area (Å²) in [7, 11) is 1.58. The highest BCUT2D eigenvalue weighted by Crippen LogP contribution is 2.20. The Hall–Kier alpha value is -0.650. The molecule has 1 rings (SSSR count). The number of aromatic nitrogens is 3. The molecule has 0 aromatic carbocycles. The fraction of sp³-hybridized carbons (Fsp3) is 0.571. The lowest BCUT2D eigenvalue weighted by atomic mass is 10.4. The van der Waals surface area contributed by atoms with E-state index in [0.29, 0.717) is 6.61 Å². The minimum absolute atomic E-state index is 0.00554. The molecule has 0 spiro atoms. The Balaban J connectivity index is 2.70. The average Bonchev–Trinajstić information content (AvgIpc) is 2.12. The Morgan fingerprint density at radius 3 is 2.71 bits per heavy atom. The van der Waals surface area contributed by atoms with E-state index in [2.05, 4.69) is 15.2 Å². The van der Waals surface area contributed by atoms with Crippen LogP contribution in [0.2, 0.25) is 10.4 Å². The Kier molecular flexibility index (Phi) is 4.31. The van der Waals surface area contributed by atoms with Crippen molar-refractivity contribution in [2.75, 3.05) is 13.7 Å². The van der Waals surface area contributed by atoms with Crippen LogP contribution < -0.4 is 4.74 Å². The predicted molar refractivity (Wildman–Crippen MR) is 51.8 cm³/mol. The van der Waals surface area contributed by atoms with Gasteiger partial charge in [0, 0.05) is 7.11 Å². The minimum Gasteiger partial charge on any atom is -0.470 e. The van der Waals surface area contributed by atoms with Crippen molar-refractivity contribution in [1.29, 1.82) is 0 Å². The second-order valence-corrected chi connectivity index (χ2v) is 3.26. The van der Waals surface area contributed by atoms with E-state index in [-0.39, 0.29) is 22.4 Å². The van der Waals surface area contributed by atoms with Crippen LogP contribution in [0.15, 0.2) is 0 Å². The molecule has 0 aliphatic carbocycles. The number of hydrogen-bond acceptors (Lipinski definition) is 5. The van der Waals surface area contributed by atoms with Gasteiger partial charge in [-0.15, -0.1) is 10.2 Å². The zero-order chi connectivity index (χ0) is 10.6. The highest BCUT2D eigenvalue weighted by atomic mass is 35.5. The van der Waals surface area contributed by atoms with Crippen LogP contribution >= 0.6 is 23.2 Å². The first-order valence-corrected chi connectivity index (χ1v) is 4.60. The Morgan fingerprint density at radius 2 is 2.07 bits per heavy atom. The Labute approximate surface area is 91.4 Å². The summed E-state index contributed by atoms with van der Waals surface area (Å²) in [6.07, 6.45) is -0.176. The summed E-state index contributed by atoms with van der Waals surface area (Å²) in [5.41, 5.74) is 0. The van der Waals surface area contributed by atoms with E-state index in [4.69, 9.17) is 32.7 Å². The molecule has 0 aliphatic heterocycles. The Bertz CT molecular complexity index is 311. The van der Waals surface area contributed by atoms with Gasteiger partial charge in [0.05, 0.1) is 6.61 Å². The summed E-state index contributed by atoms with van der Waals surface area (Å²) in [6, 6.07) is 0. The molecule has 1 unspecified atom stereocenters. The number of ether oxygens (including phenoxy) is 2. The van der Waals surface area contributed by atoms with Crippen LogP contribution in [0.3, 0.4) is 0 Å². The zero-order valence-corrected chi connectivity index (χ0v) is 9.21. The molecule has 5 nitrogen and oxygen atoms in total. The predicted octanol–water partition coefficient (Wildman–Crippen LogP) is 1.59. The highest BCUT2D eigenvalue weighted by molar-refractivity contribution is 6.31. The molecular formula is C7H9Cl2N3O2. The maximum absolute atomic E-state index is 5.68. The van der Waals surface area contributed by atoms with Crippen molar-refractivity contribution in [2.24, 2.45) is 0 Å². The molecule has 78 valence electrons. The van der Waals surface area contributed by atoms with E-state index in [1.54, 1.807) is 7.11 Å². The minimum atomic E-state index is -0.176. The van der Waals surface area contributed by atoms with E-state index < -0.39 is 0 Å². The highest BCUT2D eigenvalue weighted by Gasteiger charge is 2.11. The molecule has 14 heavy (non-hydrogen) atoms. The van der Waals surface area contributed by atoms with Crippen LogP contribution in [0, 0.1) is 0 Å². The number of nitrogens with zero attached hydrogens (tertiary/aromatic N) is 3. The molecule has 1 aromatic rings. The van der Waals surface area contributed by atoms with Crippen molar-refractivity contribution < 1.29 is 9.47 Å². The largest absolute Gasteiger partial charge is 0.470 e. The van der Waals surface area contributed by atoms with Gasteiger partial charge in [0.15, 0.2) is 0 Å². The average molecular weight is 238 g/mol. The fourth-order valence-electron chi connectivity index (χ4n) is 0.814. The van der Waals surface area contributed by atoms with Gasteiger partial charge < -0.3 is 9.47 Å². The van der Waals surface area contributed by atoms with Crippen molar-refractivity contribution >= 4 is 23.2 Å². The standard InChI is InChI=1S/C7H9Cl2N3O2/c1-4(3-13-2)14-6-5(8)11-12-7(9)10-6/h4H,3H2,1-2H3. The van der Waals surface area contributed by atoms with Crippen molar-refractivity contribution in [1.82, 2.24) is 15.2 Å². The quantitative estimate of drug-likeness (QED) is 0.797. The molecule has 0 radical (unpaired) electrons. The van der Waals surface area contributed by atoms with Gasteiger partial charge >= 0.3 is 0 Å². The van der Waals surface area contributed by atoms with Gasteiger partial charge in [0.25, 0.3) is 5.88 Å². The molecule has 0 saturated heterocycles. The summed E-state index contributed by atoms with van der Waals surface area (Å²) in [5, 5.41) is 7.08. The third-order valence-electron chi connectivity index (χ3n) is 1.30. The summed E-state index contributed by atoms with van der Waals surface area (Å²) in [4.78, 5) is 3.78. The molecule has 0 fully saturated rings. The summed E-state index contributed by atoms with van der Waals surface area (Å²) < 4.78 is 10.2. The molecule has 0 N–H and O–H groups in total. The second kappa shape index (κ2) is 5.29. The lowest BCUT2D eigenvalue weighted by molar-refractivity contribution is 0.0886. The molecule has 0 amide bonds. The SMILES string of the molecule is COCC(C)Oc1nc(Cl)nnc1Cl. The molecule has 1 atom stereocenters. The maximum Gasteiger partial charge on any atom is 0.257 e. The van der Waals surface area contributed by atoms with E-state index in [9.17, 15) is 0 Å². The molecular weight excluding hydrogens is 229 g/mol. The number of hydrogen-bond donors (Lipinski definition) is 0. The van der Waals surface area contributed by atoms with Crippen molar-refractivity contribution in [3.63, 3.8) is 0 Å². The van der Waals surface area contributed by atoms with Crippen LogP contribution in [-0.4, -0.2) is 35.0 Å². The van der Waals surface area contributed by atoms with Crippen LogP contribution in [0.25, 0.3) is 0 Å². The van der Waals surface area contributed by atoms with Crippen molar-refractivity contribution in [3.05, 3.63) is 10.4 Å². The lowest BCUT2D eigenvalue weighted by Crippen LogP contribution is -2.19.